The number of hydrogen-bond donors (Lipinski definition) is 0. The van der Waals surface area contributed by atoms with Gasteiger partial charge in [0.25, 0.3) is 0 Å². The summed E-state index contributed by atoms with van der Waals surface area (Å²) in [6, 6.07) is 8.84. The third-order valence-electron chi connectivity index (χ3n) is 2.40. The molecule has 0 aliphatic heterocycles. The molecule has 94 valence electrons. The van der Waals surface area contributed by atoms with Gasteiger partial charge in [-0.3, -0.25) is 4.98 Å². The predicted molar refractivity (Wildman–Crippen MR) is 63.5 cm³/mol. The molecule has 1 aromatic carbocycles. The molecule has 0 saturated carbocycles. The van der Waals surface area contributed by atoms with Gasteiger partial charge in [-0.1, -0.05) is 17.7 Å². The zero-order chi connectivity index (χ0) is 13.2. The fraction of sp³-hybridized carbons (Fsp3) is 0.154. The maximum Gasteiger partial charge on any atom is 0.416 e. The second-order valence-electron chi connectivity index (χ2n) is 3.84. The minimum Gasteiger partial charge on any atom is -0.261 e. The van der Waals surface area contributed by atoms with Crippen LogP contribution >= 0.6 is 11.6 Å². The third-order valence-corrected chi connectivity index (χ3v) is 2.61. The number of halogens is 4. The molecule has 0 saturated heterocycles. The van der Waals surface area contributed by atoms with E-state index in [2.05, 4.69) is 4.98 Å². The molecular weight excluding hydrogens is 263 g/mol. The number of aromatic nitrogens is 1. The highest BCUT2D eigenvalue weighted by molar-refractivity contribution is 6.30. The maximum atomic E-state index is 12.6. The van der Waals surface area contributed by atoms with Gasteiger partial charge in [-0.25, -0.2) is 0 Å². The van der Waals surface area contributed by atoms with Crippen molar-refractivity contribution >= 4 is 11.6 Å². The second kappa shape index (κ2) is 4.98. The number of hydrogen-bond acceptors (Lipinski definition) is 1. The van der Waals surface area contributed by atoms with Gasteiger partial charge >= 0.3 is 6.18 Å². The summed E-state index contributed by atoms with van der Waals surface area (Å²) in [6.45, 7) is 0. The van der Waals surface area contributed by atoms with E-state index in [1.165, 1.54) is 6.07 Å². The van der Waals surface area contributed by atoms with E-state index in [-0.39, 0.29) is 5.02 Å². The fourth-order valence-electron chi connectivity index (χ4n) is 1.63. The molecule has 0 N–H and O–H groups in total. The molecule has 1 aromatic heterocycles. The molecule has 2 rings (SSSR count). The quantitative estimate of drug-likeness (QED) is 0.791. The van der Waals surface area contributed by atoms with Crippen LogP contribution in [-0.4, -0.2) is 4.98 Å². The van der Waals surface area contributed by atoms with Crippen molar-refractivity contribution < 1.29 is 13.2 Å². The Labute approximate surface area is 107 Å². The standard InChI is InChI=1S/C13H9ClF3N/c14-11-6-9(5-10(8-11)13(15,16)17)7-12-3-1-2-4-18-12/h1-6,8H,7H2. The van der Waals surface area contributed by atoms with Gasteiger partial charge in [-0.05, 0) is 35.9 Å². The Balaban J connectivity index is 2.32. The monoisotopic (exact) mass is 271 g/mol. The van der Waals surface area contributed by atoms with E-state index in [1.807, 2.05) is 0 Å². The van der Waals surface area contributed by atoms with Gasteiger partial charge in [0.2, 0.25) is 0 Å². The summed E-state index contributed by atoms with van der Waals surface area (Å²) < 4.78 is 37.8. The van der Waals surface area contributed by atoms with Crippen molar-refractivity contribution in [3.63, 3.8) is 0 Å². The normalized spacial score (nSPS) is 11.6. The lowest BCUT2D eigenvalue weighted by Gasteiger charge is -2.09. The maximum absolute atomic E-state index is 12.6. The highest BCUT2D eigenvalue weighted by atomic mass is 35.5. The van der Waals surface area contributed by atoms with E-state index < -0.39 is 11.7 Å². The molecule has 0 amide bonds. The lowest BCUT2D eigenvalue weighted by atomic mass is 10.1. The van der Waals surface area contributed by atoms with Crippen LogP contribution in [0.2, 0.25) is 5.02 Å². The van der Waals surface area contributed by atoms with E-state index in [0.717, 1.165) is 12.1 Å². The van der Waals surface area contributed by atoms with Crippen LogP contribution in [0.3, 0.4) is 0 Å². The Bertz CT molecular complexity index is 538. The van der Waals surface area contributed by atoms with Gasteiger partial charge in [0.15, 0.2) is 0 Å². The average Bonchev–Trinajstić information content (AvgIpc) is 2.28. The molecule has 0 aliphatic rings. The average molecular weight is 272 g/mol. The zero-order valence-corrected chi connectivity index (χ0v) is 9.96. The Morgan fingerprint density at radius 1 is 1.11 bits per heavy atom. The summed E-state index contributed by atoms with van der Waals surface area (Å²) in [4.78, 5) is 4.07. The summed E-state index contributed by atoms with van der Waals surface area (Å²) in [5.41, 5.74) is 0.461. The molecule has 18 heavy (non-hydrogen) atoms. The van der Waals surface area contributed by atoms with Crippen LogP contribution in [-0.2, 0) is 12.6 Å². The number of rotatable bonds is 2. The van der Waals surface area contributed by atoms with E-state index in [9.17, 15) is 13.2 Å². The molecular formula is C13H9ClF3N. The topological polar surface area (TPSA) is 12.9 Å². The zero-order valence-electron chi connectivity index (χ0n) is 9.21. The molecule has 0 bridgehead atoms. The lowest BCUT2D eigenvalue weighted by molar-refractivity contribution is -0.137. The van der Waals surface area contributed by atoms with Crippen molar-refractivity contribution in [2.24, 2.45) is 0 Å². The van der Waals surface area contributed by atoms with Crippen LogP contribution in [0.15, 0.2) is 42.6 Å². The SMILES string of the molecule is FC(F)(F)c1cc(Cl)cc(Cc2ccccn2)c1. The van der Waals surface area contributed by atoms with E-state index in [1.54, 1.807) is 24.4 Å². The van der Waals surface area contributed by atoms with Gasteiger partial charge in [0.05, 0.1) is 5.56 Å². The van der Waals surface area contributed by atoms with Crippen LogP contribution in [0.1, 0.15) is 16.8 Å². The summed E-state index contributed by atoms with van der Waals surface area (Å²) in [5.74, 6) is 0. The summed E-state index contributed by atoms with van der Waals surface area (Å²) in [6.07, 6.45) is -2.46. The first kappa shape index (κ1) is 12.9. The number of alkyl halides is 3. The number of benzene rings is 1. The molecule has 1 nitrogen and oxygen atoms in total. The molecule has 0 unspecified atom stereocenters. The van der Waals surface area contributed by atoms with Crippen molar-refractivity contribution in [2.75, 3.05) is 0 Å². The van der Waals surface area contributed by atoms with E-state index in [4.69, 9.17) is 11.6 Å². The van der Waals surface area contributed by atoms with Crippen molar-refractivity contribution in [2.45, 2.75) is 12.6 Å². The minimum absolute atomic E-state index is 0.0794. The van der Waals surface area contributed by atoms with Crippen LogP contribution in [0.4, 0.5) is 13.2 Å². The number of pyridine rings is 1. The highest BCUT2D eigenvalue weighted by Crippen LogP contribution is 2.32. The first-order valence-corrected chi connectivity index (χ1v) is 5.59. The summed E-state index contributed by atoms with van der Waals surface area (Å²) >= 11 is 5.70. The molecule has 0 radical (unpaired) electrons. The smallest absolute Gasteiger partial charge is 0.261 e. The first-order chi connectivity index (χ1) is 8.45. The molecule has 5 heteroatoms. The lowest BCUT2D eigenvalue weighted by Crippen LogP contribution is -2.06. The van der Waals surface area contributed by atoms with Gasteiger partial charge in [-0.15, -0.1) is 0 Å². The van der Waals surface area contributed by atoms with Crippen molar-refractivity contribution in [1.29, 1.82) is 0 Å². The highest BCUT2D eigenvalue weighted by Gasteiger charge is 2.31. The minimum atomic E-state index is -4.39. The van der Waals surface area contributed by atoms with Gasteiger partial charge in [0.1, 0.15) is 0 Å². The molecule has 0 spiro atoms. The van der Waals surface area contributed by atoms with E-state index in [0.29, 0.717) is 17.7 Å². The molecule has 1 heterocycles. The Hall–Kier alpha value is -1.55. The van der Waals surface area contributed by atoms with Crippen LogP contribution in [0.25, 0.3) is 0 Å². The van der Waals surface area contributed by atoms with Crippen molar-refractivity contribution in [1.82, 2.24) is 4.98 Å². The molecule has 0 aliphatic carbocycles. The molecule has 2 aromatic rings. The fourth-order valence-corrected chi connectivity index (χ4v) is 1.89. The Kier molecular flexibility index (Phi) is 3.57. The van der Waals surface area contributed by atoms with Crippen LogP contribution in [0.5, 0.6) is 0 Å². The molecule has 0 fully saturated rings. The van der Waals surface area contributed by atoms with Gasteiger partial charge in [0, 0.05) is 23.3 Å². The second-order valence-corrected chi connectivity index (χ2v) is 4.28. The number of nitrogens with zero attached hydrogens (tertiary/aromatic N) is 1. The predicted octanol–water partition coefficient (Wildman–Crippen LogP) is 4.34. The first-order valence-electron chi connectivity index (χ1n) is 5.22. The molecule has 0 atom stereocenters. The summed E-state index contributed by atoms with van der Waals surface area (Å²) in [5, 5.41) is 0.0794. The van der Waals surface area contributed by atoms with Crippen LogP contribution in [0, 0.1) is 0 Å². The van der Waals surface area contributed by atoms with Gasteiger partial charge in [-0.2, -0.15) is 13.2 Å². The third kappa shape index (κ3) is 3.23. The van der Waals surface area contributed by atoms with Crippen LogP contribution < -0.4 is 0 Å². The Morgan fingerprint density at radius 2 is 1.89 bits per heavy atom. The van der Waals surface area contributed by atoms with Crippen molar-refractivity contribution in [3.05, 3.63) is 64.4 Å². The Morgan fingerprint density at radius 3 is 2.50 bits per heavy atom. The van der Waals surface area contributed by atoms with Crippen molar-refractivity contribution in [3.8, 4) is 0 Å². The van der Waals surface area contributed by atoms with Gasteiger partial charge < -0.3 is 0 Å². The largest absolute Gasteiger partial charge is 0.416 e. The van der Waals surface area contributed by atoms with E-state index >= 15 is 0 Å². The summed E-state index contributed by atoms with van der Waals surface area (Å²) in [7, 11) is 0.